The van der Waals surface area contributed by atoms with E-state index < -0.39 is 11.9 Å². The van der Waals surface area contributed by atoms with Gasteiger partial charge in [0.25, 0.3) is 0 Å². The van der Waals surface area contributed by atoms with Crippen molar-refractivity contribution in [3.8, 4) is 10.4 Å². The fraction of sp³-hybridized carbons (Fsp3) is 0.526. The molecule has 0 aliphatic rings. The number of hydrogen-bond donors (Lipinski definition) is 0. The topological polar surface area (TPSA) is 46.3 Å². The molecule has 0 saturated carbocycles. The second-order valence-electron chi connectivity index (χ2n) is 7.09. The Morgan fingerprint density at radius 3 is 2.32 bits per heavy atom. The van der Waals surface area contributed by atoms with Crippen LogP contribution in [-0.4, -0.2) is 33.7 Å². The molecule has 0 unspecified atom stereocenters. The van der Waals surface area contributed by atoms with Crippen LogP contribution < -0.4 is 4.90 Å². The van der Waals surface area contributed by atoms with E-state index >= 15 is 0 Å². The van der Waals surface area contributed by atoms with E-state index in [2.05, 4.69) is 28.9 Å². The van der Waals surface area contributed by atoms with E-state index in [0.29, 0.717) is 21.9 Å². The Morgan fingerprint density at radius 1 is 1.14 bits per heavy atom. The monoisotopic (exact) mass is 411 g/mol. The molecule has 5 nitrogen and oxygen atoms in total. The Labute approximate surface area is 166 Å². The molecule has 0 aliphatic carbocycles. The van der Waals surface area contributed by atoms with E-state index in [0.717, 1.165) is 35.7 Å². The molecule has 28 heavy (non-hydrogen) atoms. The second-order valence-corrected chi connectivity index (χ2v) is 8.07. The fourth-order valence-electron chi connectivity index (χ4n) is 3.37. The van der Waals surface area contributed by atoms with Crippen LogP contribution in [0.2, 0.25) is 0 Å². The van der Waals surface area contributed by atoms with Crippen LogP contribution in [0.15, 0.2) is 6.07 Å². The van der Waals surface area contributed by atoms with E-state index in [-0.39, 0.29) is 10.8 Å². The molecule has 3 aromatic rings. The predicted octanol–water partition coefficient (Wildman–Crippen LogP) is 5.46. The van der Waals surface area contributed by atoms with Crippen LogP contribution in [-0.2, 0) is 6.18 Å². The summed E-state index contributed by atoms with van der Waals surface area (Å²) in [4.78, 5) is 10.2. The van der Waals surface area contributed by atoms with Crippen molar-refractivity contribution in [2.75, 3.05) is 19.0 Å². The summed E-state index contributed by atoms with van der Waals surface area (Å²) < 4.78 is 42.9. The third-order valence-corrected chi connectivity index (χ3v) is 6.04. The van der Waals surface area contributed by atoms with E-state index in [1.54, 1.807) is 36.5 Å². The Kier molecular flexibility index (Phi) is 5.40. The van der Waals surface area contributed by atoms with Gasteiger partial charge in [-0.15, -0.1) is 0 Å². The van der Waals surface area contributed by atoms with Gasteiger partial charge in [0.2, 0.25) is 0 Å². The molecular weight excluding hydrogens is 387 g/mol. The summed E-state index contributed by atoms with van der Waals surface area (Å²) in [6.45, 7) is 7.76. The van der Waals surface area contributed by atoms with E-state index in [1.807, 2.05) is 6.92 Å². The lowest BCUT2D eigenvalue weighted by molar-refractivity contribution is -0.140. The molecule has 152 valence electrons. The van der Waals surface area contributed by atoms with Gasteiger partial charge in [-0.3, -0.25) is 0 Å². The third kappa shape index (κ3) is 3.47. The van der Waals surface area contributed by atoms with Gasteiger partial charge in [0, 0.05) is 31.3 Å². The molecule has 0 aliphatic heterocycles. The summed E-state index contributed by atoms with van der Waals surface area (Å²) in [5, 5.41) is 4.89. The first-order chi connectivity index (χ1) is 13.1. The molecule has 3 rings (SSSR count). The van der Waals surface area contributed by atoms with Gasteiger partial charge in [0.1, 0.15) is 5.82 Å². The van der Waals surface area contributed by atoms with Crippen molar-refractivity contribution in [2.24, 2.45) is 0 Å². The Bertz CT molecular complexity index is 999. The van der Waals surface area contributed by atoms with Crippen molar-refractivity contribution < 1.29 is 13.2 Å². The minimum Gasteiger partial charge on any atom is -0.354 e. The van der Waals surface area contributed by atoms with Crippen LogP contribution >= 0.6 is 11.3 Å². The third-order valence-electron chi connectivity index (χ3n) is 4.79. The molecule has 0 N–H and O–H groups in total. The summed E-state index contributed by atoms with van der Waals surface area (Å²) in [7, 11) is 3.37. The first kappa shape index (κ1) is 20.6. The summed E-state index contributed by atoms with van der Waals surface area (Å²) in [6.07, 6.45) is -2.77. The fourth-order valence-corrected chi connectivity index (χ4v) is 4.49. The number of hydrogen-bond acceptors (Lipinski definition) is 5. The summed E-state index contributed by atoms with van der Waals surface area (Å²) in [5.74, 6) is 0.982. The van der Waals surface area contributed by atoms with Gasteiger partial charge in [-0.1, -0.05) is 25.2 Å². The largest absolute Gasteiger partial charge is 0.434 e. The number of halogens is 3. The Balaban J connectivity index is 2.35. The Hall–Kier alpha value is -2.16. The van der Waals surface area contributed by atoms with Gasteiger partial charge >= 0.3 is 6.18 Å². The molecule has 0 radical (unpaired) electrons. The summed E-state index contributed by atoms with van der Waals surface area (Å²) in [6, 6.07) is 1.80. The average Bonchev–Trinajstić information content (AvgIpc) is 3.16. The number of aryl methyl sites for hydroxylation is 2. The molecule has 0 saturated heterocycles. The Morgan fingerprint density at radius 2 is 1.79 bits per heavy atom. The normalized spacial score (nSPS) is 12.4. The lowest BCUT2D eigenvalue weighted by Gasteiger charge is -2.14. The lowest BCUT2D eigenvalue weighted by atomic mass is 10.0. The molecule has 3 heterocycles. The highest BCUT2D eigenvalue weighted by Crippen LogP contribution is 2.45. The van der Waals surface area contributed by atoms with E-state index in [1.165, 1.54) is 0 Å². The number of nitrogens with zero attached hydrogens (tertiary/aromatic N) is 5. The van der Waals surface area contributed by atoms with Gasteiger partial charge in [-0.2, -0.15) is 18.3 Å². The van der Waals surface area contributed by atoms with Crippen molar-refractivity contribution >= 4 is 22.0 Å². The summed E-state index contributed by atoms with van der Waals surface area (Å²) >= 11 is 1.03. The molecule has 0 aromatic carbocycles. The number of fused-ring (bicyclic) bond motifs is 1. The highest BCUT2D eigenvalue weighted by atomic mass is 32.1. The highest BCUT2D eigenvalue weighted by molar-refractivity contribution is 7.19. The zero-order valence-corrected chi connectivity index (χ0v) is 17.7. The quantitative estimate of drug-likeness (QED) is 0.559. The SMILES string of the molecule is CCC(CC)c1nc(C)cc2c(-c3sc(N(C)C)nc3C(F)(F)F)c(C)nn12. The van der Waals surface area contributed by atoms with Crippen LogP contribution in [0.25, 0.3) is 16.0 Å². The molecule has 0 amide bonds. The zero-order valence-electron chi connectivity index (χ0n) is 16.8. The molecular formula is C19H24F3N5S. The smallest absolute Gasteiger partial charge is 0.354 e. The number of anilines is 1. The molecule has 0 atom stereocenters. The van der Waals surface area contributed by atoms with Gasteiger partial charge in [-0.05, 0) is 32.8 Å². The molecule has 9 heteroatoms. The van der Waals surface area contributed by atoms with Crippen LogP contribution in [0.5, 0.6) is 0 Å². The predicted molar refractivity (Wildman–Crippen MR) is 106 cm³/mol. The van der Waals surface area contributed by atoms with Gasteiger partial charge < -0.3 is 4.90 Å². The maximum atomic E-state index is 13.7. The van der Waals surface area contributed by atoms with Crippen molar-refractivity contribution in [3.63, 3.8) is 0 Å². The lowest BCUT2D eigenvalue weighted by Crippen LogP contribution is -2.11. The molecule has 3 aromatic heterocycles. The number of thiazole rings is 1. The standard InChI is InChI=1S/C19H24F3N5S/c1-7-12(8-2)17-23-10(3)9-13-14(11(4)25-27(13)17)15-16(19(20,21)22)24-18(28-15)26(5)6/h9,12H,7-8H2,1-6H3. The second kappa shape index (κ2) is 7.35. The van der Waals surface area contributed by atoms with Crippen molar-refractivity contribution in [3.05, 3.63) is 29.0 Å². The van der Waals surface area contributed by atoms with Crippen LogP contribution in [0.1, 0.15) is 55.5 Å². The van der Waals surface area contributed by atoms with Gasteiger partial charge in [0.15, 0.2) is 10.8 Å². The zero-order chi connectivity index (χ0) is 20.8. The van der Waals surface area contributed by atoms with Crippen molar-refractivity contribution in [2.45, 2.75) is 52.6 Å². The number of alkyl halides is 3. The van der Waals surface area contributed by atoms with Crippen molar-refractivity contribution in [1.82, 2.24) is 19.6 Å². The minimum absolute atomic E-state index is 0.102. The number of rotatable bonds is 5. The van der Waals surface area contributed by atoms with Gasteiger partial charge in [-0.25, -0.2) is 14.5 Å². The van der Waals surface area contributed by atoms with Crippen molar-refractivity contribution in [1.29, 1.82) is 0 Å². The molecule has 0 fully saturated rings. The average molecular weight is 411 g/mol. The van der Waals surface area contributed by atoms with Crippen LogP contribution in [0.4, 0.5) is 18.3 Å². The van der Waals surface area contributed by atoms with Gasteiger partial charge in [0.05, 0.1) is 16.1 Å². The number of aromatic nitrogens is 4. The molecule has 0 spiro atoms. The van der Waals surface area contributed by atoms with E-state index in [9.17, 15) is 13.2 Å². The van der Waals surface area contributed by atoms with E-state index in [4.69, 9.17) is 0 Å². The molecule has 0 bridgehead atoms. The van der Waals surface area contributed by atoms with Crippen LogP contribution in [0, 0.1) is 13.8 Å². The first-order valence-electron chi connectivity index (χ1n) is 9.21. The first-order valence-corrected chi connectivity index (χ1v) is 10.0. The van der Waals surface area contributed by atoms with Crippen LogP contribution in [0.3, 0.4) is 0 Å². The minimum atomic E-state index is -4.54. The maximum Gasteiger partial charge on any atom is 0.434 e. The maximum absolute atomic E-state index is 13.7. The highest BCUT2D eigenvalue weighted by Gasteiger charge is 2.39. The summed E-state index contributed by atoms with van der Waals surface area (Å²) in [5.41, 5.74) is 1.57.